The molecule has 0 rings (SSSR count). The first-order valence-corrected chi connectivity index (χ1v) is 9.58. The van der Waals surface area contributed by atoms with Gasteiger partial charge in [0.2, 0.25) is 0 Å². The highest BCUT2D eigenvalue weighted by Crippen LogP contribution is 2.11. The average Bonchev–Trinajstić information content (AvgIpc) is 2.49. The van der Waals surface area contributed by atoms with E-state index in [0.29, 0.717) is 26.9 Å². The lowest BCUT2D eigenvalue weighted by Gasteiger charge is -2.12. The van der Waals surface area contributed by atoms with Gasteiger partial charge in [0, 0.05) is 32.8 Å². The van der Waals surface area contributed by atoms with Crippen LogP contribution >= 0.6 is 45.2 Å². The second kappa shape index (κ2) is 20.3. The highest BCUT2D eigenvalue weighted by molar-refractivity contribution is 14.1. The maximum atomic E-state index is 10.2. The second-order valence-corrected chi connectivity index (χ2v) is 8.31. The Morgan fingerprint density at radius 2 is 1.54 bits per heavy atom. The summed E-state index contributed by atoms with van der Waals surface area (Å²) in [6.45, 7) is 8.57. The molecule has 4 unspecified atom stereocenters. The van der Waals surface area contributed by atoms with Gasteiger partial charge in [-0.25, -0.2) is 4.79 Å². The molecule has 0 aliphatic heterocycles. The smallest absolute Gasteiger partial charge is 0.404 e. The highest BCUT2D eigenvalue weighted by atomic mass is 127. The Labute approximate surface area is 172 Å². The van der Waals surface area contributed by atoms with Crippen LogP contribution in [0, 0.1) is 35.5 Å². The third kappa shape index (κ3) is 21.3. The van der Waals surface area contributed by atoms with Crippen molar-refractivity contribution in [3.8, 4) is 23.7 Å². The molecule has 0 aliphatic carbocycles. The second-order valence-electron chi connectivity index (χ2n) is 4.38. The van der Waals surface area contributed by atoms with E-state index < -0.39 is 6.09 Å². The average molecular weight is 564 g/mol. The van der Waals surface area contributed by atoms with Crippen molar-refractivity contribution in [1.29, 1.82) is 0 Å². The van der Waals surface area contributed by atoms with Gasteiger partial charge in [-0.05, 0) is 13.8 Å². The van der Waals surface area contributed by atoms with Gasteiger partial charge in [0.05, 0.1) is 0 Å². The van der Waals surface area contributed by atoms with Crippen LogP contribution in [0.5, 0.6) is 0 Å². The molecule has 6 nitrogen and oxygen atoms in total. The molecular weight excluding hydrogens is 538 g/mol. The van der Waals surface area contributed by atoms with Crippen LogP contribution in [-0.2, 0) is 4.79 Å². The molecule has 8 heteroatoms. The van der Waals surface area contributed by atoms with Crippen molar-refractivity contribution in [2.24, 2.45) is 17.6 Å². The minimum Gasteiger partial charge on any atom is -0.483 e. The summed E-state index contributed by atoms with van der Waals surface area (Å²) in [6, 6.07) is 0. The Morgan fingerprint density at radius 3 is 1.75 bits per heavy atom. The van der Waals surface area contributed by atoms with Crippen LogP contribution in [0.25, 0.3) is 0 Å². The number of nitrogens with two attached hydrogens (primary N) is 1. The minimum absolute atomic E-state index is 0.103. The molecule has 138 valence electrons. The first kappa shape index (κ1) is 28.1. The molecule has 4 atom stereocenters. The van der Waals surface area contributed by atoms with Crippen LogP contribution < -0.4 is 11.1 Å². The monoisotopic (exact) mass is 564 g/mol. The highest BCUT2D eigenvalue weighted by Gasteiger charge is 2.12. The number of amides is 1. The molecule has 0 radical (unpaired) electrons. The first-order chi connectivity index (χ1) is 11.2. The van der Waals surface area contributed by atoms with E-state index >= 15 is 0 Å². The third-order valence-corrected chi connectivity index (χ3v) is 4.23. The number of carbonyl (C=O) groups is 2. The van der Waals surface area contributed by atoms with Gasteiger partial charge in [-0.1, -0.05) is 70.9 Å². The fourth-order valence-corrected chi connectivity index (χ4v) is 2.17. The van der Waals surface area contributed by atoms with Gasteiger partial charge in [0.1, 0.15) is 0 Å². The van der Waals surface area contributed by atoms with E-state index in [9.17, 15) is 4.79 Å². The van der Waals surface area contributed by atoms with Crippen LogP contribution in [0.15, 0.2) is 0 Å². The molecule has 0 spiro atoms. The molecule has 24 heavy (non-hydrogen) atoms. The van der Waals surface area contributed by atoms with Crippen molar-refractivity contribution in [1.82, 2.24) is 5.32 Å². The lowest BCUT2D eigenvalue weighted by atomic mass is 10.1. The minimum atomic E-state index is -0.991. The largest absolute Gasteiger partial charge is 0.483 e. The summed E-state index contributed by atoms with van der Waals surface area (Å²) in [5.74, 6) is 12.1. The van der Waals surface area contributed by atoms with Crippen LogP contribution in [0.1, 0.15) is 27.7 Å². The molecule has 0 aromatic carbocycles. The Hall–Kier alpha value is -0.720. The SMILES string of the molecule is CC#CC(CN)C(C)I.CC#CC(CNC(=O)O)C(C)I.O=CO. The van der Waals surface area contributed by atoms with Crippen molar-refractivity contribution >= 4 is 57.7 Å². The molecule has 0 saturated carbocycles. The van der Waals surface area contributed by atoms with Crippen LogP contribution in [0.2, 0.25) is 0 Å². The zero-order valence-corrected chi connectivity index (χ0v) is 18.7. The lowest BCUT2D eigenvalue weighted by Crippen LogP contribution is -2.30. The topological polar surface area (TPSA) is 113 Å². The number of rotatable bonds is 5. The van der Waals surface area contributed by atoms with Crippen molar-refractivity contribution in [3.05, 3.63) is 0 Å². The van der Waals surface area contributed by atoms with Crippen LogP contribution in [-0.4, -0.2) is 43.7 Å². The van der Waals surface area contributed by atoms with Crippen molar-refractivity contribution in [2.75, 3.05) is 13.1 Å². The Morgan fingerprint density at radius 1 is 1.17 bits per heavy atom. The van der Waals surface area contributed by atoms with Gasteiger partial charge in [0.15, 0.2) is 0 Å². The van der Waals surface area contributed by atoms with E-state index in [1.165, 1.54) is 0 Å². The van der Waals surface area contributed by atoms with Gasteiger partial charge in [-0.15, -0.1) is 11.8 Å². The normalized spacial score (nSPS) is 13.3. The summed E-state index contributed by atoms with van der Waals surface area (Å²) < 4.78 is 0.905. The summed E-state index contributed by atoms with van der Waals surface area (Å²) in [4.78, 5) is 18.5. The fourth-order valence-electron chi connectivity index (χ4n) is 1.26. The summed E-state index contributed by atoms with van der Waals surface area (Å²) in [6.07, 6.45) is -0.991. The zero-order valence-electron chi connectivity index (χ0n) is 14.3. The van der Waals surface area contributed by atoms with E-state index in [4.69, 9.17) is 20.7 Å². The number of hydrogen-bond donors (Lipinski definition) is 4. The zero-order chi connectivity index (χ0) is 19.5. The molecule has 0 fully saturated rings. The van der Waals surface area contributed by atoms with Gasteiger partial charge >= 0.3 is 6.09 Å². The lowest BCUT2D eigenvalue weighted by molar-refractivity contribution is -0.122. The Bertz CT molecular complexity index is 448. The van der Waals surface area contributed by atoms with Crippen molar-refractivity contribution in [2.45, 2.75) is 35.5 Å². The van der Waals surface area contributed by atoms with E-state index in [1.54, 1.807) is 6.92 Å². The van der Waals surface area contributed by atoms with Crippen molar-refractivity contribution < 1.29 is 19.8 Å². The Balaban J connectivity index is -0.000000324. The van der Waals surface area contributed by atoms with Crippen LogP contribution in [0.3, 0.4) is 0 Å². The predicted octanol–water partition coefficient (Wildman–Crippen LogP) is 2.83. The molecule has 0 heterocycles. The number of alkyl halides is 2. The summed E-state index contributed by atoms with van der Waals surface area (Å²) >= 11 is 4.58. The molecule has 0 bridgehead atoms. The van der Waals surface area contributed by atoms with Gasteiger partial charge in [0.25, 0.3) is 6.47 Å². The Kier molecular flexibility index (Phi) is 23.8. The van der Waals surface area contributed by atoms with Crippen molar-refractivity contribution in [3.63, 3.8) is 0 Å². The molecule has 0 saturated heterocycles. The number of halogens is 2. The van der Waals surface area contributed by atoms with E-state index in [1.807, 2.05) is 13.8 Å². The fraction of sp³-hybridized carbons (Fsp3) is 0.625. The molecule has 0 aliphatic rings. The summed E-state index contributed by atoms with van der Waals surface area (Å²) in [7, 11) is 0. The number of carboxylic acid groups (broad SMARTS) is 2. The van der Waals surface area contributed by atoms with Crippen LogP contribution in [0.4, 0.5) is 4.79 Å². The summed E-state index contributed by atoms with van der Waals surface area (Å²) in [5, 5.41) is 17.6. The predicted molar refractivity (Wildman–Crippen MR) is 115 cm³/mol. The number of hydrogen-bond acceptors (Lipinski definition) is 3. The molecule has 1 amide bonds. The molecule has 0 aromatic heterocycles. The van der Waals surface area contributed by atoms with Gasteiger partial charge < -0.3 is 21.3 Å². The van der Waals surface area contributed by atoms with E-state index in [-0.39, 0.29) is 12.4 Å². The quantitative estimate of drug-likeness (QED) is 0.178. The van der Waals surface area contributed by atoms with E-state index in [2.05, 4.69) is 81.1 Å². The van der Waals surface area contributed by atoms with Gasteiger partial charge in [-0.3, -0.25) is 4.79 Å². The summed E-state index contributed by atoms with van der Waals surface area (Å²) in [5.41, 5.74) is 5.45. The molecule has 0 aromatic rings. The first-order valence-electron chi connectivity index (χ1n) is 7.09. The molecule has 5 N–H and O–H groups in total. The maximum Gasteiger partial charge on any atom is 0.404 e. The van der Waals surface area contributed by atoms with Gasteiger partial charge in [-0.2, -0.15) is 0 Å². The maximum absolute atomic E-state index is 10.2. The standard InChI is InChI=1S/C8H12INO2.C7H12IN.CH2O2/c1-3-4-7(6(2)9)5-10-8(11)12;1-3-4-7(5-9)6(2)8;2-1-3/h6-7,10H,5H2,1-2H3,(H,11,12);6-7H,5,9H2,1-2H3;1H,(H,2,3). The van der Waals surface area contributed by atoms with E-state index in [0.717, 1.165) is 0 Å². The third-order valence-electron chi connectivity index (χ3n) is 2.50. The molecular formula is C16H26I2N2O4. The number of nitrogens with one attached hydrogen (secondary N) is 1.